The maximum absolute atomic E-state index is 9.55. The van der Waals surface area contributed by atoms with E-state index in [0.29, 0.717) is 9.70 Å². The molecule has 14 heavy (non-hydrogen) atoms. The fourth-order valence-corrected chi connectivity index (χ4v) is 2.15. The zero-order valence-electron chi connectivity index (χ0n) is 7.14. The highest BCUT2D eigenvalue weighted by atomic mass is 32.1. The van der Waals surface area contributed by atoms with Gasteiger partial charge in [0.15, 0.2) is 0 Å². The van der Waals surface area contributed by atoms with Gasteiger partial charge in [-0.2, -0.15) is 0 Å². The van der Waals surface area contributed by atoms with Gasteiger partial charge < -0.3 is 20.9 Å². The van der Waals surface area contributed by atoms with Crippen molar-refractivity contribution in [2.24, 2.45) is 0 Å². The van der Waals surface area contributed by atoms with Crippen LogP contribution in [0.15, 0.2) is 18.2 Å². The average Bonchev–Trinajstić information content (AvgIpc) is 2.45. The Morgan fingerprint density at radius 3 is 2.57 bits per heavy atom. The maximum atomic E-state index is 9.55. The second-order valence-electron chi connectivity index (χ2n) is 2.98. The number of phenolic OH excluding ortho intramolecular Hbond substituents is 1. The molecule has 1 aromatic heterocycles. The van der Waals surface area contributed by atoms with Crippen molar-refractivity contribution in [2.45, 2.75) is 0 Å². The molecule has 6 heteroatoms. The molecule has 0 bridgehead atoms. The van der Waals surface area contributed by atoms with Gasteiger partial charge in [0.2, 0.25) is 0 Å². The summed E-state index contributed by atoms with van der Waals surface area (Å²) in [6.45, 7) is 0. The number of fused-ring (bicyclic) bond motifs is 1. The standard InChI is InChI=1S/C8H8BNO3S/c10-7-2-4-1-5(9(12)13)3-6(11)8(4)14-7/h1-3,11-13H,10H2. The van der Waals surface area contributed by atoms with E-state index in [9.17, 15) is 5.11 Å². The Morgan fingerprint density at radius 2 is 1.93 bits per heavy atom. The van der Waals surface area contributed by atoms with E-state index in [0.717, 1.165) is 5.39 Å². The lowest BCUT2D eigenvalue weighted by atomic mass is 9.80. The van der Waals surface area contributed by atoms with Crippen molar-refractivity contribution >= 4 is 39.0 Å². The molecule has 0 fully saturated rings. The highest BCUT2D eigenvalue weighted by molar-refractivity contribution is 7.23. The molecule has 2 aromatic rings. The van der Waals surface area contributed by atoms with Crippen molar-refractivity contribution in [3.8, 4) is 5.75 Å². The summed E-state index contributed by atoms with van der Waals surface area (Å²) in [7, 11) is -1.58. The second-order valence-corrected chi connectivity index (χ2v) is 4.06. The van der Waals surface area contributed by atoms with Crippen LogP contribution in [0, 0.1) is 0 Å². The van der Waals surface area contributed by atoms with Crippen LogP contribution in [0.3, 0.4) is 0 Å². The monoisotopic (exact) mass is 209 g/mol. The topological polar surface area (TPSA) is 86.7 Å². The number of benzene rings is 1. The summed E-state index contributed by atoms with van der Waals surface area (Å²) in [4.78, 5) is 0. The first-order valence-corrected chi connectivity index (χ1v) is 4.77. The van der Waals surface area contributed by atoms with Crippen LogP contribution in [0.2, 0.25) is 0 Å². The number of aromatic hydroxyl groups is 1. The summed E-state index contributed by atoms with van der Waals surface area (Å²) < 4.78 is 0.659. The first kappa shape index (κ1) is 9.33. The number of nitrogen functional groups attached to an aromatic ring is 1. The molecule has 0 amide bonds. The minimum atomic E-state index is -1.58. The Balaban J connectivity index is 2.71. The maximum Gasteiger partial charge on any atom is 0.488 e. The fraction of sp³-hybridized carbons (Fsp3) is 0. The van der Waals surface area contributed by atoms with E-state index >= 15 is 0 Å². The molecule has 5 N–H and O–H groups in total. The first-order valence-electron chi connectivity index (χ1n) is 3.96. The number of phenols is 1. The molecule has 0 saturated carbocycles. The van der Waals surface area contributed by atoms with E-state index in [1.54, 1.807) is 12.1 Å². The lowest BCUT2D eigenvalue weighted by Gasteiger charge is -2.00. The van der Waals surface area contributed by atoms with Crippen molar-refractivity contribution in [1.29, 1.82) is 0 Å². The van der Waals surface area contributed by atoms with Crippen molar-refractivity contribution in [2.75, 3.05) is 5.73 Å². The number of hydrogen-bond donors (Lipinski definition) is 4. The molecule has 0 aliphatic heterocycles. The smallest absolute Gasteiger partial charge is 0.488 e. The van der Waals surface area contributed by atoms with Gasteiger partial charge in [0, 0.05) is 0 Å². The van der Waals surface area contributed by atoms with E-state index in [1.165, 1.54) is 17.4 Å². The third-order valence-electron chi connectivity index (χ3n) is 1.94. The molecule has 2 rings (SSSR count). The molecule has 0 atom stereocenters. The molecule has 4 nitrogen and oxygen atoms in total. The molecule has 0 aliphatic carbocycles. The van der Waals surface area contributed by atoms with Gasteiger partial charge in [-0.15, -0.1) is 11.3 Å². The van der Waals surface area contributed by atoms with Crippen molar-refractivity contribution in [1.82, 2.24) is 0 Å². The van der Waals surface area contributed by atoms with E-state index in [-0.39, 0.29) is 11.2 Å². The molecule has 0 saturated heterocycles. The van der Waals surface area contributed by atoms with Crippen LogP contribution in [-0.2, 0) is 0 Å². The number of thiophene rings is 1. The predicted octanol–water partition coefficient (Wildman–Crippen LogP) is -0.131. The number of nitrogens with two attached hydrogens (primary N) is 1. The van der Waals surface area contributed by atoms with Gasteiger partial charge in [0.05, 0.1) is 9.70 Å². The Hall–Kier alpha value is -1.24. The van der Waals surface area contributed by atoms with Gasteiger partial charge in [0.1, 0.15) is 5.75 Å². The van der Waals surface area contributed by atoms with Crippen LogP contribution in [0.25, 0.3) is 10.1 Å². The van der Waals surface area contributed by atoms with E-state index < -0.39 is 7.12 Å². The van der Waals surface area contributed by atoms with E-state index in [2.05, 4.69) is 0 Å². The quantitative estimate of drug-likeness (QED) is 0.492. The van der Waals surface area contributed by atoms with Crippen LogP contribution in [0.1, 0.15) is 0 Å². The molecular weight excluding hydrogens is 201 g/mol. The molecule has 72 valence electrons. The predicted molar refractivity (Wildman–Crippen MR) is 57.7 cm³/mol. The molecule has 1 heterocycles. The van der Waals surface area contributed by atoms with Crippen LogP contribution in [0.4, 0.5) is 5.00 Å². The zero-order chi connectivity index (χ0) is 10.3. The average molecular weight is 209 g/mol. The largest absolute Gasteiger partial charge is 0.506 e. The molecular formula is C8H8BNO3S. The molecule has 0 aliphatic rings. The number of anilines is 1. The van der Waals surface area contributed by atoms with Gasteiger partial charge in [-0.1, -0.05) is 6.07 Å². The summed E-state index contributed by atoms with van der Waals surface area (Å²) in [6, 6.07) is 4.60. The Morgan fingerprint density at radius 1 is 1.21 bits per heavy atom. The van der Waals surface area contributed by atoms with E-state index in [1.807, 2.05) is 0 Å². The Bertz CT molecular complexity index is 483. The molecule has 1 aromatic carbocycles. The van der Waals surface area contributed by atoms with Crippen LogP contribution in [-0.4, -0.2) is 22.3 Å². The van der Waals surface area contributed by atoms with Crippen molar-refractivity contribution in [3.05, 3.63) is 18.2 Å². The third-order valence-corrected chi connectivity index (χ3v) is 2.94. The summed E-state index contributed by atoms with van der Waals surface area (Å²) in [5.41, 5.74) is 5.83. The minimum absolute atomic E-state index is 0.0206. The van der Waals surface area contributed by atoms with Gasteiger partial charge in [-0.25, -0.2) is 0 Å². The lowest BCUT2D eigenvalue weighted by molar-refractivity contribution is 0.425. The fourth-order valence-electron chi connectivity index (χ4n) is 1.33. The summed E-state index contributed by atoms with van der Waals surface area (Å²) in [5.74, 6) is 0.0206. The molecule has 0 radical (unpaired) electrons. The van der Waals surface area contributed by atoms with Gasteiger partial charge in [-0.3, -0.25) is 0 Å². The summed E-state index contributed by atoms with van der Waals surface area (Å²) in [6.07, 6.45) is 0. The number of rotatable bonds is 1. The van der Waals surface area contributed by atoms with Gasteiger partial charge >= 0.3 is 7.12 Å². The van der Waals surface area contributed by atoms with Crippen LogP contribution >= 0.6 is 11.3 Å². The normalized spacial score (nSPS) is 10.7. The highest BCUT2D eigenvalue weighted by Crippen LogP contribution is 2.33. The zero-order valence-corrected chi connectivity index (χ0v) is 7.95. The Kier molecular flexibility index (Phi) is 2.11. The number of hydrogen-bond acceptors (Lipinski definition) is 5. The highest BCUT2D eigenvalue weighted by Gasteiger charge is 2.14. The summed E-state index contributed by atoms with van der Waals surface area (Å²) in [5, 5.41) is 28.7. The van der Waals surface area contributed by atoms with E-state index in [4.69, 9.17) is 15.8 Å². The summed E-state index contributed by atoms with van der Waals surface area (Å²) >= 11 is 1.26. The molecule has 0 unspecified atom stereocenters. The van der Waals surface area contributed by atoms with Gasteiger partial charge in [-0.05, 0) is 23.0 Å². The van der Waals surface area contributed by atoms with Crippen LogP contribution in [0.5, 0.6) is 5.75 Å². The second kappa shape index (κ2) is 3.16. The SMILES string of the molecule is Nc1cc2cc(B(O)O)cc(O)c2s1. The van der Waals surface area contributed by atoms with Crippen molar-refractivity contribution in [3.63, 3.8) is 0 Å². The van der Waals surface area contributed by atoms with Gasteiger partial charge in [0.25, 0.3) is 0 Å². The first-order chi connectivity index (χ1) is 6.58. The lowest BCUT2D eigenvalue weighted by Crippen LogP contribution is -2.29. The molecule has 0 spiro atoms. The Labute approximate surface area is 84.4 Å². The third kappa shape index (κ3) is 1.43. The van der Waals surface area contributed by atoms with Crippen molar-refractivity contribution < 1.29 is 15.2 Å². The van der Waals surface area contributed by atoms with Crippen LogP contribution < -0.4 is 11.2 Å². The minimum Gasteiger partial charge on any atom is -0.506 e.